The van der Waals surface area contributed by atoms with E-state index in [1.807, 2.05) is 11.9 Å². The number of hydrogen-bond donors (Lipinski definition) is 1. The minimum absolute atomic E-state index is 0.326. The Hall–Kier alpha value is -2.00. The molecular formula is C16H19FN4O2S2. The van der Waals surface area contributed by atoms with Crippen LogP contribution in [0.4, 0.5) is 20.6 Å². The maximum Gasteiger partial charge on any atom is 0.414 e. The van der Waals surface area contributed by atoms with Crippen LogP contribution in [0.3, 0.4) is 0 Å². The third kappa shape index (κ3) is 3.67. The number of hydrogen-bond acceptors (Lipinski definition) is 4. The Kier molecular flexibility index (Phi) is 5.05. The smallest absolute Gasteiger partial charge is 0.414 e. The number of benzene rings is 1. The average Bonchev–Trinajstić information content (AvgIpc) is 3.09. The predicted octanol–water partition coefficient (Wildman–Crippen LogP) is 2.12. The van der Waals surface area contributed by atoms with Gasteiger partial charge in [0.1, 0.15) is 11.9 Å². The molecule has 1 amide bonds. The van der Waals surface area contributed by atoms with Gasteiger partial charge in [0.15, 0.2) is 5.11 Å². The van der Waals surface area contributed by atoms with E-state index in [2.05, 4.69) is 5.32 Å². The molecule has 2 heterocycles. The summed E-state index contributed by atoms with van der Waals surface area (Å²) >= 11 is 10.3. The van der Waals surface area contributed by atoms with Gasteiger partial charge >= 0.3 is 6.09 Å². The first-order chi connectivity index (χ1) is 11.9. The summed E-state index contributed by atoms with van der Waals surface area (Å²) in [7, 11) is 1.88. The molecule has 1 aromatic rings. The van der Waals surface area contributed by atoms with Gasteiger partial charge in [-0.25, -0.2) is 9.18 Å². The molecule has 6 nitrogen and oxygen atoms in total. The lowest BCUT2D eigenvalue weighted by atomic mass is 10.2. The van der Waals surface area contributed by atoms with Crippen molar-refractivity contribution in [2.45, 2.75) is 13.0 Å². The summed E-state index contributed by atoms with van der Waals surface area (Å²) in [6, 6.07) is 4.70. The summed E-state index contributed by atoms with van der Waals surface area (Å²) in [4.78, 5) is 17.8. The molecule has 134 valence electrons. The summed E-state index contributed by atoms with van der Waals surface area (Å²) in [6.45, 7) is 3.94. The molecule has 0 aliphatic carbocycles. The highest BCUT2D eigenvalue weighted by atomic mass is 32.1. The zero-order valence-corrected chi connectivity index (χ0v) is 15.6. The minimum atomic E-state index is -0.489. The van der Waals surface area contributed by atoms with E-state index >= 15 is 0 Å². The van der Waals surface area contributed by atoms with Crippen molar-refractivity contribution in [1.29, 1.82) is 0 Å². The molecule has 0 radical (unpaired) electrons. The first-order valence-corrected chi connectivity index (χ1v) is 8.73. The maximum absolute atomic E-state index is 14.6. The van der Waals surface area contributed by atoms with Crippen LogP contribution in [0.1, 0.15) is 6.92 Å². The third-order valence-electron chi connectivity index (χ3n) is 4.20. The van der Waals surface area contributed by atoms with Crippen LogP contribution in [0.25, 0.3) is 0 Å². The van der Waals surface area contributed by atoms with Gasteiger partial charge < -0.3 is 19.9 Å². The van der Waals surface area contributed by atoms with Gasteiger partial charge in [0.05, 0.1) is 29.5 Å². The molecule has 1 N–H and O–H groups in total. The van der Waals surface area contributed by atoms with E-state index in [0.717, 1.165) is 6.54 Å². The fourth-order valence-corrected chi connectivity index (χ4v) is 3.21. The van der Waals surface area contributed by atoms with Gasteiger partial charge in [-0.1, -0.05) is 12.2 Å². The summed E-state index contributed by atoms with van der Waals surface area (Å²) < 4.78 is 19.9. The van der Waals surface area contributed by atoms with E-state index < -0.39 is 11.9 Å². The number of nitrogens with zero attached hydrogens (tertiary/aromatic N) is 3. The second-order valence-corrected chi connectivity index (χ2v) is 7.02. The van der Waals surface area contributed by atoms with Gasteiger partial charge in [-0.15, -0.1) is 0 Å². The van der Waals surface area contributed by atoms with Crippen LogP contribution in [0.15, 0.2) is 18.2 Å². The van der Waals surface area contributed by atoms with E-state index in [0.29, 0.717) is 41.1 Å². The molecule has 1 atom stereocenters. The van der Waals surface area contributed by atoms with Crippen LogP contribution in [0.2, 0.25) is 0 Å². The standard InChI is InChI=1S/C16H19FN4O2S2/c1-10(24)18-8-12-9-21(16(22)23-12)11-3-4-14(13(17)7-11)20-6-5-19(2)15(20)25/h3-4,7,12H,5-6,8-9H2,1-2H3,(H,18,24). The molecule has 0 spiro atoms. The van der Waals surface area contributed by atoms with Gasteiger partial charge in [0.25, 0.3) is 0 Å². The highest BCUT2D eigenvalue weighted by molar-refractivity contribution is 7.80. The summed E-state index contributed by atoms with van der Waals surface area (Å²) in [6.07, 6.45) is -0.814. The number of cyclic esters (lactones) is 1. The molecule has 2 aliphatic heterocycles. The molecule has 25 heavy (non-hydrogen) atoms. The first-order valence-electron chi connectivity index (χ1n) is 7.91. The Morgan fingerprint density at radius 1 is 1.40 bits per heavy atom. The molecule has 2 aliphatic rings. The van der Waals surface area contributed by atoms with Crippen molar-refractivity contribution in [2.24, 2.45) is 0 Å². The fourth-order valence-electron chi connectivity index (χ4n) is 2.85. The van der Waals surface area contributed by atoms with Gasteiger partial charge in [0.2, 0.25) is 0 Å². The Bertz CT molecular complexity index is 730. The zero-order chi connectivity index (χ0) is 18.1. The van der Waals surface area contributed by atoms with Crippen LogP contribution < -0.4 is 15.1 Å². The SMILES string of the molecule is CC(=S)NCC1CN(c2ccc(N3CCN(C)C3=S)c(F)c2)C(=O)O1. The lowest BCUT2D eigenvalue weighted by Crippen LogP contribution is -2.32. The Balaban J connectivity index is 1.73. The van der Waals surface area contributed by atoms with E-state index in [4.69, 9.17) is 29.2 Å². The highest BCUT2D eigenvalue weighted by Gasteiger charge is 2.33. The predicted molar refractivity (Wildman–Crippen MR) is 103 cm³/mol. The molecular weight excluding hydrogens is 363 g/mol. The number of likely N-dealkylation sites (N-methyl/N-ethyl adjacent to an activating group) is 1. The molecule has 9 heteroatoms. The lowest BCUT2D eigenvalue weighted by Gasteiger charge is -2.21. The van der Waals surface area contributed by atoms with Gasteiger partial charge in [-0.2, -0.15) is 0 Å². The van der Waals surface area contributed by atoms with Crippen molar-refractivity contribution in [1.82, 2.24) is 10.2 Å². The van der Waals surface area contributed by atoms with Crippen molar-refractivity contribution in [3.8, 4) is 0 Å². The molecule has 1 unspecified atom stereocenters. The van der Waals surface area contributed by atoms with E-state index in [9.17, 15) is 9.18 Å². The van der Waals surface area contributed by atoms with Crippen LogP contribution in [0.5, 0.6) is 0 Å². The van der Waals surface area contributed by atoms with Crippen LogP contribution in [-0.4, -0.2) is 60.4 Å². The normalized spacial score (nSPS) is 20.3. The average molecular weight is 382 g/mol. The summed E-state index contributed by atoms with van der Waals surface area (Å²) in [5.74, 6) is -0.417. The topological polar surface area (TPSA) is 48.0 Å². The number of amides is 1. The Labute approximate surface area is 156 Å². The maximum atomic E-state index is 14.6. The van der Waals surface area contributed by atoms with Crippen LogP contribution >= 0.6 is 24.4 Å². The summed E-state index contributed by atoms with van der Waals surface area (Å²) in [5, 5.41) is 3.57. The number of carbonyl (C=O) groups excluding carboxylic acids is 1. The Morgan fingerprint density at radius 2 is 2.16 bits per heavy atom. The van der Waals surface area contributed by atoms with Gasteiger partial charge in [-0.05, 0) is 37.3 Å². The Morgan fingerprint density at radius 3 is 2.76 bits per heavy atom. The number of rotatable bonds is 4. The number of anilines is 2. The molecule has 0 aromatic heterocycles. The number of thiocarbonyl (C=S) groups is 2. The van der Waals surface area contributed by atoms with Gasteiger partial charge in [0, 0.05) is 20.1 Å². The first kappa shape index (κ1) is 17.8. The van der Waals surface area contributed by atoms with Crippen molar-refractivity contribution >= 4 is 52.0 Å². The van der Waals surface area contributed by atoms with Crippen LogP contribution in [-0.2, 0) is 4.74 Å². The van der Waals surface area contributed by atoms with Gasteiger partial charge in [-0.3, -0.25) is 4.90 Å². The number of carbonyl (C=O) groups is 1. The molecule has 0 bridgehead atoms. The lowest BCUT2D eigenvalue weighted by molar-refractivity contribution is 0.143. The van der Waals surface area contributed by atoms with E-state index in [1.165, 1.54) is 11.0 Å². The zero-order valence-electron chi connectivity index (χ0n) is 14.0. The highest BCUT2D eigenvalue weighted by Crippen LogP contribution is 2.29. The van der Waals surface area contributed by atoms with Crippen molar-refractivity contribution in [3.63, 3.8) is 0 Å². The number of ether oxygens (including phenoxy) is 1. The number of halogens is 1. The molecule has 2 fully saturated rings. The van der Waals surface area contributed by atoms with Crippen LogP contribution in [0, 0.1) is 5.82 Å². The summed E-state index contributed by atoms with van der Waals surface area (Å²) in [5.41, 5.74) is 0.881. The molecule has 1 aromatic carbocycles. The van der Waals surface area contributed by atoms with E-state index in [1.54, 1.807) is 24.0 Å². The van der Waals surface area contributed by atoms with Crippen molar-refractivity contribution < 1.29 is 13.9 Å². The minimum Gasteiger partial charge on any atom is -0.442 e. The fraction of sp³-hybridized carbons (Fsp3) is 0.438. The van der Waals surface area contributed by atoms with Crippen molar-refractivity contribution in [3.05, 3.63) is 24.0 Å². The largest absolute Gasteiger partial charge is 0.442 e. The monoisotopic (exact) mass is 382 g/mol. The second kappa shape index (κ2) is 7.09. The quantitative estimate of drug-likeness (QED) is 0.801. The number of nitrogens with one attached hydrogen (secondary N) is 1. The molecule has 3 rings (SSSR count). The molecule has 2 saturated heterocycles. The molecule has 0 saturated carbocycles. The van der Waals surface area contributed by atoms with Crippen molar-refractivity contribution in [2.75, 3.05) is 43.0 Å². The van der Waals surface area contributed by atoms with E-state index in [-0.39, 0.29) is 6.10 Å². The third-order valence-corrected chi connectivity index (χ3v) is 4.88. The second-order valence-electron chi connectivity index (χ2n) is 6.04.